The summed E-state index contributed by atoms with van der Waals surface area (Å²) < 4.78 is 0. The highest BCUT2D eigenvalue weighted by molar-refractivity contribution is 5.97. The van der Waals surface area contributed by atoms with Crippen LogP contribution in [0.25, 0.3) is 0 Å². The fraction of sp³-hybridized carbons (Fsp3) is 0.250. The Balaban J connectivity index is 2.07. The molecule has 1 unspecified atom stereocenters. The van der Waals surface area contributed by atoms with E-state index in [2.05, 4.69) is 10.3 Å². The maximum absolute atomic E-state index is 10.9. The van der Waals surface area contributed by atoms with Crippen LogP contribution in [0.4, 0.5) is 5.69 Å². The largest absolute Gasteiger partial charge is 0.635 e. The van der Waals surface area contributed by atoms with Gasteiger partial charge >= 0.3 is 0 Å². The molecule has 0 aromatic heterocycles. The zero-order valence-corrected chi connectivity index (χ0v) is 9.18. The summed E-state index contributed by atoms with van der Waals surface area (Å²) >= 11 is 0. The molecule has 0 radical (unpaired) electrons. The number of nitrogens with zero attached hydrogens (tertiary/aromatic N) is 1. The Labute approximate surface area is 94.7 Å². The van der Waals surface area contributed by atoms with Gasteiger partial charge in [0.05, 0.1) is 6.42 Å². The number of nitrogens with two attached hydrogens (primary N) is 1. The highest BCUT2D eigenvalue weighted by Crippen LogP contribution is 2.15. The number of nitrogens with one attached hydrogen (secondary N) is 1. The average Bonchev–Trinajstić information content (AvgIpc) is 2.30. The molecule has 0 amide bonds. The maximum Gasteiger partial charge on any atom is 0.120 e. The molecule has 1 heterocycles. The fourth-order valence-electron chi connectivity index (χ4n) is 1.61. The van der Waals surface area contributed by atoms with Crippen molar-refractivity contribution in [2.45, 2.75) is 18.9 Å². The molecular weight excluding hydrogens is 202 g/mol. The van der Waals surface area contributed by atoms with Gasteiger partial charge in [0, 0.05) is 11.9 Å². The lowest BCUT2D eigenvalue weighted by Crippen LogP contribution is -2.91. The van der Waals surface area contributed by atoms with E-state index in [0.29, 0.717) is 6.42 Å². The summed E-state index contributed by atoms with van der Waals surface area (Å²) in [7, 11) is 0. The molecule has 1 aromatic carbocycles. The molecule has 0 bridgehead atoms. The van der Waals surface area contributed by atoms with Crippen LogP contribution in [0.2, 0.25) is 0 Å². The van der Waals surface area contributed by atoms with Gasteiger partial charge in [0.1, 0.15) is 11.4 Å². The molecule has 2 rings (SSSR count). The maximum atomic E-state index is 10.9. The van der Waals surface area contributed by atoms with Gasteiger partial charge in [-0.25, -0.2) is 4.99 Å². The van der Waals surface area contributed by atoms with Crippen molar-refractivity contribution in [2.24, 2.45) is 4.99 Å². The van der Waals surface area contributed by atoms with E-state index < -0.39 is 5.54 Å². The van der Waals surface area contributed by atoms with Gasteiger partial charge in [-0.3, -0.25) is 0 Å². The summed E-state index contributed by atoms with van der Waals surface area (Å²) in [5.41, 5.74) is 1.52. The lowest BCUT2D eigenvalue weighted by atomic mass is 9.96. The second kappa shape index (κ2) is 4.47. The van der Waals surface area contributed by atoms with Gasteiger partial charge < -0.3 is 16.0 Å². The first-order valence-corrected chi connectivity index (χ1v) is 5.25. The molecule has 0 saturated carbocycles. The number of para-hydroxylation sites is 1. The number of hydrogen-bond donors (Lipinski definition) is 2. The first-order valence-electron chi connectivity index (χ1n) is 5.25. The normalized spacial score (nSPS) is 24.0. The minimum atomic E-state index is -0.432. The van der Waals surface area contributed by atoms with Crippen LogP contribution < -0.4 is 10.8 Å². The van der Waals surface area contributed by atoms with Gasteiger partial charge in [-0.2, -0.15) is 0 Å². The summed E-state index contributed by atoms with van der Waals surface area (Å²) in [6.45, 7) is 1.90. The highest BCUT2D eigenvalue weighted by atomic mass is 16.5. The standard InChI is InChI=1S/C12H15N3O/c1-12(15-16)7-8-13-11(9-12)14-10-5-3-2-4-6-10/h2-8H,9,15H2,1H3,(H,13,14). The monoisotopic (exact) mass is 217 g/mol. The van der Waals surface area contributed by atoms with E-state index in [1.54, 1.807) is 6.20 Å². The molecule has 3 N–H and O–H groups in total. The van der Waals surface area contributed by atoms with Crippen molar-refractivity contribution in [1.82, 2.24) is 0 Å². The molecule has 0 fully saturated rings. The van der Waals surface area contributed by atoms with Crippen molar-refractivity contribution in [3.05, 3.63) is 47.8 Å². The summed E-state index contributed by atoms with van der Waals surface area (Å²) in [5, 5.41) is 14.2. The summed E-state index contributed by atoms with van der Waals surface area (Å²) in [4.78, 5) is 4.23. The molecule has 1 aliphatic heterocycles. The first-order chi connectivity index (χ1) is 7.72. The van der Waals surface area contributed by atoms with Crippen LogP contribution in [-0.2, 0) is 0 Å². The van der Waals surface area contributed by atoms with E-state index in [1.807, 2.05) is 43.3 Å². The molecule has 1 aromatic rings. The SMILES string of the molecule is CC1([NH2+][O-])C=CN=C(Nc2ccccc2)C1. The van der Waals surface area contributed by atoms with Gasteiger partial charge in [-0.15, -0.1) is 0 Å². The number of hydroxylamine groups is 1. The fourth-order valence-corrected chi connectivity index (χ4v) is 1.61. The Morgan fingerprint density at radius 2 is 2.12 bits per heavy atom. The van der Waals surface area contributed by atoms with E-state index in [4.69, 9.17) is 0 Å². The topological polar surface area (TPSA) is 64.1 Å². The highest BCUT2D eigenvalue weighted by Gasteiger charge is 2.26. The Hall–Kier alpha value is -1.65. The van der Waals surface area contributed by atoms with Crippen LogP contribution in [0.3, 0.4) is 0 Å². The molecule has 16 heavy (non-hydrogen) atoms. The second-order valence-electron chi connectivity index (χ2n) is 4.18. The number of quaternary nitrogens is 1. The lowest BCUT2D eigenvalue weighted by molar-refractivity contribution is -0.651. The van der Waals surface area contributed by atoms with Crippen LogP contribution in [0, 0.1) is 5.21 Å². The molecular formula is C12H15N3O. The van der Waals surface area contributed by atoms with Crippen LogP contribution in [0.15, 0.2) is 47.6 Å². The minimum Gasteiger partial charge on any atom is -0.635 e. The Morgan fingerprint density at radius 1 is 1.38 bits per heavy atom. The summed E-state index contributed by atoms with van der Waals surface area (Å²) in [6, 6.07) is 9.82. The van der Waals surface area contributed by atoms with E-state index in [1.165, 1.54) is 0 Å². The Morgan fingerprint density at radius 3 is 2.81 bits per heavy atom. The van der Waals surface area contributed by atoms with E-state index in [-0.39, 0.29) is 0 Å². The summed E-state index contributed by atoms with van der Waals surface area (Å²) in [6.07, 6.45) is 4.13. The molecule has 1 atom stereocenters. The van der Waals surface area contributed by atoms with Gasteiger partial charge in [0.15, 0.2) is 0 Å². The first kappa shape index (κ1) is 10.9. The van der Waals surface area contributed by atoms with Crippen molar-refractivity contribution < 1.29 is 5.48 Å². The third-order valence-corrected chi connectivity index (χ3v) is 2.57. The third kappa shape index (κ3) is 2.48. The predicted molar refractivity (Wildman–Crippen MR) is 65.0 cm³/mol. The molecule has 1 aliphatic rings. The molecule has 0 saturated heterocycles. The number of benzene rings is 1. The predicted octanol–water partition coefficient (Wildman–Crippen LogP) is 1.23. The van der Waals surface area contributed by atoms with Gasteiger partial charge in [0.25, 0.3) is 0 Å². The van der Waals surface area contributed by atoms with Gasteiger partial charge in [-0.1, -0.05) is 18.2 Å². The van der Waals surface area contributed by atoms with Crippen molar-refractivity contribution in [1.29, 1.82) is 0 Å². The number of anilines is 1. The van der Waals surface area contributed by atoms with Crippen molar-refractivity contribution in [3.8, 4) is 0 Å². The zero-order chi connectivity index (χ0) is 11.4. The minimum absolute atomic E-state index is 0.432. The van der Waals surface area contributed by atoms with E-state index in [9.17, 15) is 5.21 Å². The van der Waals surface area contributed by atoms with Crippen molar-refractivity contribution in [2.75, 3.05) is 5.32 Å². The van der Waals surface area contributed by atoms with E-state index in [0.717, 1.165) is 17.0 Å². The number of hydrogen-bond acceptors (Lipinski definition) is 3. The van der Waals surface area contributed by atoms with Crippen LogP contribution in [-0.4, -0.2) is 11.4 Å². The Kier molecular flexibility index (Phi) is 3.03. The van der Waals surface area contributed by atoms with Crippen LogP contribution >= 0.6 is 0 Å². The Bertz CT molecular complexity index is 414. The van der Waals surface area contributed by atoms with Crippen LogP contribution in [0.5, 0.6) is 0 Å². The molecule has 0 spiro atoms. The summed E-state index contributed by atoms with van der Waals surface area (Å²) in [5.74, 6) is 0.823. The lowest BCUT2D eigenvalue weighted by Gasteiger charge is -2.28. The molecule has 0 aliphatic carbocycles. The molecule has 84 valence electrons. The van der Waals surface area contributed by atoms with Gasteiger partial charge in [0.2, 0.25) is 0 Å². The smallest absolute Gasteiger partial charge is 0.120 e. The molecule has 4 heteroatoms. The number of amidine groups is 1. The van der Waals surface area contributed by atoms with Crippen molar-refractivity contribution >= 4 is 11.5 Å². The average molecular weight is 217 g/mol. The van der Waals surface area contributed by atoms with E-state index >= 15 is 0 Å². The third-order valence-electron chi connectivity index (χ3n) is 2.57. The number of aliphatic imine (C=N–C) groups is 1. The van der Waals surface area contributed by atoms with Gasteiger partial charge in [-0.05, 0) is 25.1 Å². The second-order valence-corrected chi connectivity index (χ2v) is 4.18. The molecule has 4 nitrogen and oxygen atoms in total. The van der Waals surface area contributed by atoms with Crippen LogP contribution in [0.1, 0.15) is 13.3 Å². The zero-order valence-electron chi connectivity index (χ0n) is 9.18. The number of rotatable bonds is 2. The van der Waals surface area contributed by atoms with Crippen molar-refractivity contribution in [3.63, 3.8) is 0 Å². The quantitative estimate of drug-likeness (QED) is 0.732.